The lowest BCUT2D eigenvalue weighted by atomic mass is 9.91. The number of nitro benzene ring substituents is 1. The van der Waals surface area contributed by atoms with Gasteiger partial charge >= 0.3 is 5.97 Å². The van der Waals surface area contributed by atoms with Crippen LogP contribution in [0.3, 0.4) is 0 Å². The molecule has 2 heterocycles. The summed E-state index contributed by atoms with van der Waals surface area (Å²) in [6.07, 6.45) is -0.233. The van der Waals surface area contributed by atoms with Crippen molar-refractivity contribution in [1.82, 2.24) is 4.98 Å². The second-order valence-electron chi connectivity index (χ2n) is 6.19. The van der Waals surface area contributed by atoms with E-state index in [-0.39, 0.29) is 12.1 Å². The molecule has 0 unspecified atom stereocenters. The van der Waals surface area contributed by atoms with Crippen molar-refractivity contribution in [3.63, 3.8) is 0 Å². The van der Waals surface area contributed by atoms with Crippen LogP contribution in [-0.2, 0) is 11.2 Å². The van der Waals surface area contributed by atoms with Crippen LogP contribution in [0.4, 0.5) is 5.69 Å². The highest BCUT2D eigenvalue weighted by molar-refractivity contribution is 7.13. The molecular weight excluding hydrogens is 376 g/mol. The lowest BCUT2D eigenvalue weighted by Gasteiger charge is -2.16. The van der Waals surface area contributed by atoms with E-state index >= 15 is 0 Å². The Hall–Kier alpha value is -3.58. The summed E-state index contributed by atoms with van der Waals surface area (Å²) >= 11 is 1.47. The molecule has 0 fully saturated rings. The van der Waals surface area contributed by atoms with Gasteiger partial charge in [-0.25, -0.2) is 4.98 Å². The molecule has 0 bridgehead atoms. The van der Waals surface area contributed by atoms with E-state index in [1.54, 1.807) is 6.07 Å². The van der Waals surface area contributed by atoms with Gasteiger partial charge in [0.25, 0.3) is 5.69 Å². The van der Waals surface area contributed by atoms with Gasteiger partial charge < -0.3 is 5.11 Å². The predicted octanol–water partition coefficient (Wildman–Crippen LogP) is 5.17. The molecule has 0 saturated heterocycles. The molecule has 0 saturated carbocycles. The molecule has 28 heavy (non-hydrogen) atoms. The Morgan fingerprint density at radius 1 is 1.11 bits per heavy atom. The molecule has 0 atom stereocenters. The standard InChI is InChI=1S/C21H14N2O4S/c24-19(25)12-16-20(13-5-2-1-3-6-13)15-11-14(23(26)27)8-9-17(15)22-21(16)18-7-4-10-28-18/h1-11H,12H2,(H,24,25). The zero-order valence-corrected chi connectivity index (χ0v) is 15.3. The maximum absolute atomic E-state index is 11.7. The summed E-state index contributed by atoms with van der Waals surface area (Å²) in [4.78, 5) is 28.0. The molecule has 0 radical (unpaired) electrons. The lowest BCUT2D eigenvalue weighted by molar-refractivity contribution is -0.384. The average molecular weight is 390 g/mol. The van der Waals surface area contributed by atoms with Gasteiger partial charge in [-0.05, 0) is 34.2 Å². The van der Waals surface area contributed by atoms with E-state index in [9.17, 15) is 20.0 Å². The minimum atomic E-state index is -0.985. The quantitative estimate of drug-likeness (QED) is 0.375. The number of carboxylic acid groups (broad SMARTS) is 1. The van der Waals surface area contributed by atoms with Crippen molar-refractivity contribution in [1.29, 1.82) is 0 Å². The molecule has 0 aliphatic heterocycles. The molecule has 0 amide bonds. The molecule has 2 aromatic carbocycles. The van der Waals surface area contributed by atoms with Crippen molar-refractivity contribution in [2.45, 2.75) is 6.42 Å². The van der Waals surface area contributed by atoms with E-state index in [4.69, 9.17) is 0 Å². The number of thiophene rings is 1. The summed E-state index contributed by atoms with van der Waals surface area (Å²) in [5.74, 6) is -0.985. The van der Waals surface area contributed by atoms with Gasteiger partial charge in [-0.2, -0.15) is 0 Å². The third-order valence-corrected chi connectivity index (χ3v) is 5.30. The highest BCUT2D eigenvalue weighted by Gasteiger charge is 2.22. The number of hydrogen-bond acceptors (Lipinski definition) is 5. The number of pyridine rings is 1. The SMILES string of the molecule is O=C(O)Cc1c(-c2cccs2)nc2ccc([N+](=O)[O-])cc2c1-c1ccccc1. The number of rotatable bonds is 5. The molecule has 6 nitrogen and oxygen atoms in total. The van der Waals surface area contributed by atoms with Crippen LogP contribution in [0.2, 0.25) is 0 Å². The van der Waals surface area contributed by atoms with Gasteiger partial charge in [-0.3, -0.25) is 14.9 Å². The normalized spacial score (nSPS) is 10.9. The molecule has 4 rings (SSSR count). The van der Waals surface area contributed by atoms with Crippen molar-refractivity contribution < 1.29 is 14.8 Å². The Kier molecular flexibility index (Phi) is 4.58. The zero-order chi connectivity index (χ0) is 19.7. The fourth-order valence-corrected chi connectivity index (χ4v) is 4.02. The van der Waals surface area contributed by atoms with Crippen LogP contribution in [0.5, 0.6) is 0 Å². The van der Waals surface area contributed by atoms with Gasteiger partial charge in [0, 0.05) is 17.5 Å². The minimum absolute atomic E-state index is 0.0587. The molecule has 4 aromatic rings. The first kappa shape index (κ1) is 17.8. The number of carbonyl (C=O) groups is 1. The van der Waals surface area contributed by atoms with Gasteiger partial charge in [-0.15, -0.1) is 11.3 Å². The molecule has 0 spiro atoms. The Balaban J connectivity index is 2.15. The second-order valence-corrected chi connectivity index (χ2v) is 7.13. The number of hydrogen-bond donors (Lipinski definition) is 1. The Bertz CT molecular complexity index is 1190. The number of benzene rings is 2. The number of nitro groups is 1. The summed E-state index contributed by atoms with van der Waals surface area (Å²) in [6.45, 7) is 0. The topological polar surface area (TPSA) is 93.3 Å². The Labute approximate surface area is 163 Å². The van der Waals surface area contributed by atoms with Gasteiger partial charge in [0.05, 0.1) is 27.4 Å². The highest BCUT2D eigenvalue weighted by Crippen LogP contribution is 2.39. The van der Waals surface area contributed by atoms with Crippen LogP contribution in [0, 0.1) is 10.1 Å². The fourth-order valence-electron chi connectivity index (χ4n) is 3.28. The molecule has 1 N–H and O–H groups in total. The zero-order valence-electron chi connectivity index (χ0n) is 14.5. The van der Waals surface area contributed by atoms with Crippen molar-refractivity contribution in [3.05, 3.63) is 81.7 Å². The number of aromatic nitrogens is 1. The maximum Gasteiger partial charge on any atom is 0.307 e. The van der Waals surface area contributed by atoms with Crippen LogP contribution in [0.15, 0.2) is 66.0 Å². The number of aliphatic carboxylic acids is 1. The monoisotopic (exact) mass is 390 g/mol. The van der Waals surface area contributed by atoms with Crippen LogP contribution in [0.1, 0.15) is 5.56 Å². The van der Waals surface area contributed by atoms with Gasteiger partial charge in [0.2, 0.25) is 0 Å². The number of nitrogens with zero attached hydrogens (tertiary/aromatic N) is 2. The molecule has 0 aliphatic rings. The van der Waals surface area contributed by atoms with Crippen LogP contribution < -0.4 is 0 Å². The summed E-state index contributed by atoms with van der Waals surface area (Å²) in [6, 6.07) is 17.6. The number of carboxylic acids is 1. The third kappa shape index (κ3) is 3.23. The Morgan fingerprint density at radius 2 is 1.89 bits per heavy atom. The molecular formula is C21H14N2O4S. The van der Waals surface area contributed by atoms with Crippen LogP contribution in [0.25, 0.3) is 32.6 Å². The third-order valence-electron chi connectivity index (χ3n) is 4.43. The first-order chi connectivity index (χ1) is 13.5. The van der Waals surface area contributed by atoms with E-state index < -0.39 is 10.9 Å². The molecule has 7 heteroatoms. The first-order valence-electron chi connectivity index (χ1n) is 8.46. The second kappa shape index (κ2) is 7.21. The van der Waals surface area contributed by atoms with Gasteiger partial charge in [0.1, 0.15) is 0 Å². The molecule has 138 valence electrons. The Morgan fingerprint density at radius 3 is 2.54 bits per heavy atom. The van der Waals surface area contributed by atoms with E-state index in [0.717, 1.165) is 10.4 Å². The summed E-state index contributed by atoms with van der Waals surface area (Å²) < 4.78 is 0. The molecule has 0 aliphatic carbocycles. The number of fused-ring (bicyclic) bond motifs is 1. The minimum Gasteiger partial charge on any atom is -0.481 e. The highest BCUT2D eigenvalue weighted by atomic mass is 32.1. The lowest BCUT2D eigenvalue weighted by Crippen LogP contribution is -2.06. The van der Waals surface area contributed by atoms with Gasteiger partial charge in [-0.1, -0.05) is 36.4 Å². The van der Waals surface area contributed by atoms with Crippen LogP contribution >= 0.6 is 11.3 Å². The largest absolute Gasteiger partial charge is 0.481 e. The molecule has 2 aromatic heterocycles. The summed E-state index contributed by atoms with van der Waals surface area (Å²) in [5.41, 5.74) is 3.13. The number of non-ortho nitro benzene ring substituents is 1. The fraction of sp³-hybridized carbons (Fsp3) is 0.0476. The van der Waals surface area contributed by atoms with Crippen LogP contribution in [-0.4, -0.2) is 21.0 Å². The van der Waals surface area contributed by atoms with E-state index in [0.29, 0.717) is 27.7 Å². The van der Waals surface area contributed by atoms with Crippen molar-refractivity contribution >= 4 is 33.9 Å². The van der Waals surface area contributed by atoms with E-state index in [2.05, 4.69) is 4.98 Å². The summed E-state index contributed by atoms with van der Waals surface area (Å²) in [7, 11) is 0. The van der Waals surface area contributed by atoms with Crippen molar-refractivity contribution in [2.75, 3.05) is 0 Å². The van der Waals surface area contributed by atoms with E-state index in [1.807, 2.05) is 47.8 Å². The van der Waals surface area contributed by atoms with Gasteiger partial charge in [0.15, 0.2) is 0 Å². The smallest absolute Gasteiger partial charge is 0.307 e. The maximum atomic E-state index is 11.7. The van der Waals surface area contributed by atoms with Crippen molar-refractivity contribution in [2.24, 2.45) is 0 Å². The predicted molar refractivity (Wildman–Crippen MR) is 108 cm³/mol. The van der Waals surface area contributed by atoms with E-state index in [1.165, 1.54) is 23.5 Å². The summed E-state index contributed by atoms with van der Waals surface area (Å²) in [5, 5.41) is 23.3. The first-order valence-corrected chi connectivity index (χ1v) is 9.34. The van der Waals surface area contributed by atoms with Crippen molar-refractivity contribution in [3.8, 4) is 21.7 Å². The average Bonchev–Trinajstić information content (AvgIpc) is 3.21.